The number of imidazole rings is 1. The van der Waals surface area contributed by atoms with Crippen LogP contribution in [0.3, 0.4) is 0 Å². The first-order chi connectivity index (χ1) is 16.4. The molecule has 4 rings (SSSR count). The first-order valence-corrected chi connectivity index (χ1v) is 11.4. The summed E-state index contributed by atoms with van der Waals surface area (Å²) in [6.45, 7) is 5.82. The van der Waals surface area contributed by atoms with Crippen LogP contribution in [-0.2, 0) is 11.3 Å². The minimum Gasteiger partial charge on any atom is -0.493 e. The second kappa shape index (κ2) is 9.95. The third kappa shape index (κ3) is 5.20. The number of pyridine rings is 1. The highest BCUT2D eigenvalue weighted by Crippen LogP contribution is 2.32. The maximum absolute atomic E-state index is 11.9. The van der Waals surface area contributed by atoms with Gasteiger partial charge in [-0.3, -0.25) is 4.98 Å². The number of anilines is 1. The minimum atomic E-state index is -0.393. The molecule has 0 aliphatic carbocycles. The number of esters is 1. The van der Waals surface area contributed by atoms with Crippen molar-refractivity contribution in [2.75, 3.05) is 19.5 Å². The zero-order valence-corrected chi connectivity index (χ0v) is 19.8. The number of methoxy groups -OCH3 is 1. The van der Waals surface area contributed by atoms with Gasteiger partial charge in [0.05, 0.1) is 36.0 Å². The molecule has 0 radical (unpaired) electrons. The molecule has 176 valence electrons. The minimum absolute atomic E-state index is 0.0375. The number of carbonyl (C=O) groups excluding carboxylic acids is 1. The molecule has 2 N–H and O–H groups in total. The van der Waals surface area contributed by atoms with Gasteiger partial charge in [-0.1, -0.05) is 38.1 Å². The highest BCUT2D eigenvalue weighted by molar-refractivity contribution is 5.90. The number of fused-ring (bicyclic) bond motifs is 1. The highest BCUT2D eigenvalue weighted by atomic mass is 16.5. The first kappa shape index (κ1) is 23.3. The predicted octanol–water partition coefficient (Wildman–Crippen LogP) is 5.35. The summed E-state index contributed by atoms with van der Waals surface area (Å²) in [6.07, 6.45) is 3.40. The molecule has 0 aliphatic heterocycles. The number of rotatable bonds is 9. The van der Waals surface area contributed by atoms with Crippen molar-refractivity contribution < 1.29 is 14.3 Å². The summed E-state index contributed by atoms with van der Waals surface area (Å²) in [5.41, 5.74) is 10.1. The number of nitrogen functional groups attached to an aromatic ring is 1. The second-order valence-corrected chi connectivity index (χ2v) is 9.04. The smallest absolute Gasteiger partial charge is 0.337 e. The number of nitrogens with two attached hydrogens (primary N) is 1. The van der Waals surface area contributed by atoms with Crippen LogP contribution in [0.1, 0.15) is 37.0 Å². The molecule has 2 aromatic heterocycles. The lowest BCUT2D eigenvalue weighted by Crippen LogP contribution is -2.19. The predicted molar refractivity (Wildman–Crippen MR) is 134 cm³/mol. The van der Waals surface area contributed by atoms with Crippen LogP contribution < -0.4 is 10.5 Å². The van der Waals surface area contributed by atoms with E-state index in [1.54, 1.807) is 18.3 Å². The molecule has 0 spiro atoms. The Hall–Kier alpha value is -3.87. The van der Waals surface area contributed by atoms with E-state index in [1.807, 2.05) is 42.5 Å². The van der Waals surface area contributed by atoms with Crippen molar-refractivity contribution in [3.63, 3.8) is 0 Å². The van der Waals surface area contributed by atoms with Gasteiger partial charge in [-0.2, -0.15) is 0 Å². The first-order valence-electron chi connectivity index (χ1n) is 11.4. The van der Waals surface area contributed by atoms with Gasteiger partial charge in [-0.05, 0) is 54.7 Å². The molecule has 0 atom stereocenters. The quantitative estimate of drug-likeness (QED) is 0.340. The number of aryl methyl sites for hydroxylation is 1. The molecule has 0 amide bonds. The molecule has 0 saturated carbocycles. The van der Waals surface area contributed by atoms with E-state index in [0.717, 1.165) is 41.7 Å². The molecule has 0 saturated heterocycles. The number of ether oxygens (including phenoxy) is 2. The van der Waals surface area contributed by atoms with Crippen molar-refractivity contribution in [3.8, 4) is 17.0 Å². The fourth-order valence-corrected chi connectivity index (χ4v) is 3.93. The normalized spacial score (nSPS) is 11.5. The Bertz CT molecular complexity index is 1300. The van der Waals surface area contributed by atoms with Crippen LogP contribution in [0, 0.1) is 5.41 Å². The second-order valence-electron chi connectivity index (χ2n) is 9.04. The Labute approximate surface area is 199 Å². The fraction of sp³-hybridized carbons (Fsp3) is 0.296. The SMILES string of the molecule is COC(=O)c1ccnc(-c2ccccc2OCCC(C)(C)CCn2c(N)nc3ccccc32)c1. The third-order valence-electron chi connectivity index (χ3n) is 6.08. The van der Waals surface area contributed by atoms with Crippen molar-refractivity contribution >= 4 is 23.0 Å². The van der Waals surface area contributed by atoms with Crippen LogP contribution in [0.15, 0.2) is 66.9 Å². The number of benzene rings is 2. The van der Waals surface area contributed by atoms with Crippen molar-refractivity contribution in [1.82, 2.24) is 14.5 Å². The maximum Gasteiger partial charge on any atom is 0.337 e. The van der Waals surface area contributed by atoms with Crippen LogP contribution in [0.5, 0.6) is 5.75 Å². The summed E-state index contributed by atoms with van der Waals surface area (Å²) >= 11 is 0. The molecule has 4 aromatic rings. The molecule has 0 unspecified atom stereocenters. The summed E-state index contributed by atoms with van der Waals surface area (Å²) in [7, 11) is 1.37. The molecule has 2 aromatic carbocycles. The molecule has 0 fully saturated rings. The van der Waals surface area contributed by atoms with Crippen molar-refractivity contribution in [2.45, 2.75) is 33.2 Å². The number of aromatic nitrogens is 3. The maximum atomic E-state index is 11.9. The molecular formula is C27H30N4O3. The molecule has 7 nitrogen and oxygen atoms in total. The zero-order valence-electron chi connectivity index (χ0n) is 19.8. The van der Waals surface area contributed by atoms with Crippen LogP contribution in [0.25, 0.3) is 22.3 Å². The molecule has 7 heteroatoms. The molecule has 34 heavy (non-hydrogen) atoms. The number of hydrogen-bond donors (Lipinski definition) is 1. The average Bonchev–Trinajstić information content (AvgIpc) is 3.17. The van der Waals surface area contributed by atoms with Crippen molar-refractivity contribution in [2.24, 2.45) is 5.41 Å². The molecule has 0 bridgehead atoms. The van der Waals surface area contributed by atoms with Gasteiger partial charge < -0.3 is 19.8 Å². The highest BCUT2D eigenvalue weighted by Gasteiger charge is 2.20. The van der Waals surface area contributed by atoms with Crippen LogP contribution in [0.2, 0.25) is 0 Å². The molecule has 2 heterocycles. The Balaban J connectivity index is 1.40. The van der Waals surface area contributed by atoms with Crippen LogP contribution in [-0.4, -0.2) is 34.2 Å². The standard InChI is InChI=1S/C27H30N4O3/c1-27(2,13-16-31-23-10-6-5-9-21(23)30-26(31)28)14-17-34-24-11-7-4-8-20(24)22-18-19(12-15-29-22)25(32)33-3/h4-12,15,18H,13-14,16-17H2,1-3H3,(H2,28,30). The lowest BCUT2D eigenvalue weighted by Gasteiger charge is -2.25. The topological polar surface area (TPSA) is 92.3 Å². The van der Waals surface area contributed by atoms with Gasteiger partial charge in [0, 0.05) is 18.3 Å². The van der Waals surface area contributed by atoms with Gasteiger partial charge in [0.25, 0.3) is 0 Å². The number of nitrogens with zero attached hydrogens (tertiary/aromatic N) is 3. The number of para-hydroxylation sites is 3. The van der Waals surface area contributed by atoms with E-state index in [4.69, 9.17) is 15.2 Å². The number of carbonyl (C=O) groups is 1. The molecular weight excluding hydrogens is 428 g/mol. The molecule has 0 aliphatic rings. The third-order valence-corrected chi connectivity index (χ3v) is 6.08. The van der Waals surface area contributed by atoms with E-state index < -0.39 is 5.97 Å². The Morgan fingerprint density at radius 2 is 1.82 bits per heavy atom. The van der Waals surface area contributed by atoms with Gasteiger partial charge >= 0.3 is 5.97 Å². The van der Waals surface area contributed by atoms with E-state index in [9.17, 15) is 4.79 Å². The number of hydrogen-bond acceptors (Lipinski definition) is 6. The van der Waals surface area contributed by atoms with Crippen LogP contribution >= 0.6 is 0 Å². The fourth-order valence-electron chi connectivity index (χ4n) is 3.93. The Morgan fingerprint density at radius 1 is 1.06 bits per heavy atom. The Morgan fingerprint density at radius 3 is 2.65 bits per heavy atom. The van der Waals surface area contributed by atoms with Crippen molar-refractivity contribution in [1.29, 1.82) is 0 Å². The van der Waals surface area contributed by atoms with Gasteiger partial charge in [0.15, 0.2) is 0 Å². The van der Waals surface area contributed by atoms with E-state index in [0.29, 0.717) is 23.8 Å². The van der Waals surface area contributed by atoms with Crippen molar-refractivity contribution in [3.05, 3.63) is 72.4 Å². The van der Waals surface area contributed by atoms with Crippen LogP contribution in [0.4, 0.5) is 5.95 Å². The zero-order chi connectivity index (χ0) is 24.1. The summed E-state index contributed by atoms with van der Waals surface area (Å²) in [5.74, 6) is 0.886. The van der Waals surface area contributed by atoms with E-state index in [1.165, 1.54) is 7.11 Å². The largest absolute Gasteiger partial charge is 0.493 e. The average molecular weight is 459 g/mol. The summed E-state index contributed by atoms with van der Waals surface area (Å²) in [5, 5.41) is 0. The lowest BCUT2D eigenvalue weighted by atomic mass is 9.86. The van der Waals surface area contributed by atoms with Gasteiger partial charge in [-0.25, -0.2) is 9.78 Å². The van der Waals surface area contributed by atoms with E-state index >= 15 is 0 Å². The van der Waals surface area contributed by atoms with Gasteiger partial charge in [-0.15, -0.1) is 0 Å². The van der Waals surface area contributed by atoms with Gasteiger partial charge in [0.1, 0.15) is 5.75 Å². The summed E-state index contributed by atoms with van der Waals surface area (Å²) < 4.78 is 13.1. The summed E-state index contributed by atoms with van der Waals surface area (Å²) in [6, 6.07) is 19.1. The van der Waals surface area contributed by atoms with E-state index in [-0.39, 0.29) is 5.41 Å². The van der Waals surface area contributed by atoms with E-state index in [2.05, 4.69) is 34.4 Å². The monoisotopic (exact) mass is 458 g/mol. The van der Waals surface area contributed by atoms with Gasteiger partial charge in [0.2, 0.25) is 5.95 Å². The lowest BCUT2D eigenvalue weighted by molar-refractivity contribution is 0.0600. The Kier molecular flexibility index (Phi) is 6.82. The summed E-state index contributed by atoms with van der Waals surface area (Å²) in [4.78, 5) is 20.8.